The van der Waals surface area contributed by atoms with Crippen molar-refractivity contribution in [2.24, 2.45) is 0 Å². The molecule has 0 aliphatic heterocycles. The lowest BCUT2D eigenvalue weighted by molar-refractivity contribution is 0.102. The van der Waals surface area contributed by atoms with Gasteiger partial charge in [0.1, 0.15) is 5.75 Å². The summed E-state index contributed by atoms with van der Waals surface area (Å²) in [5, 5.41) is 7.31. The van der Waals surface area contributed by atoms with Gasteiger partial charge in [-0.3, -0.25) is 4.79 Å². The SMILES string of the molecule is COc1ccc(NC(=O)c2cccc(-c3noc(C4CCC4)n3)c2)cc1Cl. The van der Waals surface area contributed by atoms with Gasteiger partial charge in [-0.2, -0.15) is 4.98 Å². The Kier molecular flexibility index (Phi) is 4.81. The van der Waals surface area contributed by atoms with Crippen LogP contribution in [0.5, 0.6) is 5.75 Å². The van der Waals surface area contributed by atoms with E-state index in [-0.39, 0.29) is 5.91 Å². The van der Waals surface area contributed by atoms with Crippen molar-refractivity contribution in [3.05, 3.63) is 58.9 Å². The molecule has 0 radical (unpaired) electrons. The third-order valence-corrected chi connectivity index (χ3v) is 4.98. The van der Waals surface area contributed by atoms with E-state index in [1.165, 1.54) is 6.42 Å². The maximum Gasteiger partial charge on any atom is 0.255 e. The van der Waals surface area contributed by atoms with Gasteiger partial charge < -0.3 is 14.6 Å². The third kappa shape index (κ3) is 3.66. The van der Waals surface area contributed by atoms with Gasteiger partial charge in [0.25, 0.3) is 5.91 Å². The number of rotatable bonds is 5. The smallest absolute Gasteiger partial charge is 0.255 e. The third-order valence-electron chi connectivity index (χ3n) is 4.69. The maximum atomic E-state index is 12.6. The summed E-state index contributed by atoms with van der Waals surface area (Å²) in [7, 11) is 1.54. The highest BCUT2D eigenvalue weighted by molar-refractivity contribution is 6.32. The summed E-state index contributed by atoms with van der Waals surface area (Å²) in [5.41, 5.74) is 1.82. The molecule has 0 unspecified atom stereocenters. The molecule has 27 heavy (non-hydrogen) atoms. The highest BCUT2D eigenvalue weighted by Gasteiger charge is 2.25. The molecule has 1 N–H and O–H groups in total. The Morgan fingerprint density at radius 1 is 1.26 bits per heavy atom. The Hall–Kier alpha value is -2.86. The van der Waals surface area contributed by atoms with Gasteiger partial charge in [-0.25, -0.2) is 0 Å². The molecule has 0 saturated heterocycles. The van der Waals surface area contributed by atoms with Gasteiger partial charge in [-0.15, -0.1) is 0 Å². The van der Waals surface area contributed by atoms with E-state index in [0.717, 1.165) is 18.4 Å². The molecule has 1 aromatic heterocycles. The average Bonchev–Trinajstić information content (AvgIpc) is 3.10. The van der Waals surface area contributed by atoms with Crippen molar-refractivity contribution < 1.29 is 14.1 Å². The summed E-state index contributed by atoms with van der Waals surface area (Å²) in [5.74, 6) is 1.85. The first-order valence-corrected chi connectivity index (χ1v) is 9.11. The van der Waals surface area contributed by atoms with E-state index < -0.39 is 0 Å². The highest BCUT2D eigenvalue weighted by Crippen LogP contribution is 2.36. The summed E-state index contributed by atoms with van der Waals surface area (Å²) in [6.45, 7) is 0. The summed E-state index contributed by atoms with van der Waals surface area (Å²) in [4.78, 5) is 17.1. The molecule has 0 bridgehead atoms. The van der Waals surface area contributed by atoms with Gasteiger partial charge in [0, 0.05) is 22.7 Å². The van der Waals surface area contributed by atoms with Crippen LogP contribution in [0.2, 0.25) is 5.02 Å². The fourth-order valence-electron chi connectivity index (χ4n) is 2.92. The number of methoxy groups -OCH3 is 1. The van der Waals surface area contributed by atoms with Crippen LogP contribution >= 0.6 is 11.6 Å². The van der Waals surface area contributed by atoms with Gasteiger partial charge >= 0.3 is 0 Å². The quantitative estimate of drug-likeness (QED) is 0.676. The van der Waals surface area contributed by atoms with Crippen LogP contribution in [0.4, 0.5) is 5.69 Å². The molecule has 1 heterocycles. The number of ether oxygens (including phenoxy) is 1. The van der Waals surface area contributed by atoms with Crippen molar-refractivity contribution in [2.75, 3.05) is 12.4 Å². The molecular weight excluding hydrogens is 366 g/mol. The van der Waals surface area contributed by atoms with Gasteiger partial charge in [0.15, 0.2) is 0 Å². The molecule has 4 rings (SSSR count). The van der Waals surface area contributed by atoms with Gasteiger partial charge in [0.05, 0.1) is 12.1 Å². The number of halogens is 1. The summed E-state index contributed by atoms with van der Waals surface area (Å²) in [6, 6.07) is 12.2. The molecule has 3 aromatic rings. The zero-order chi connectivity index (χ0) is 18.8. The van der Waals surface area contributed by atoms with Crippen molar-refractivity contribution in [3.8, 4) is 17.1 Å². The van der Waals surface area contributed by atoms with Crippen LogP contribution in [0, 0.1) is 0 Å². The van der Waals surface area contributed by atoms with Crippen LogP contribution in [-0.2, 0) is 0 Å². The number of hydrogen-bond acceptors (Lipinski definition) is 5. The number of amides is 1. The number of benzene rings is 2. The number of nitrogens with zero attached hydrogens (tertiary/aromatic N) is 2. The Bertz CT molecular complexity index is 982. The Morgan fingerprint density at radius 2 is 2.11 bits per heavy atom. The fourth-order valence-corrected chi connectivity index (χ4v) is 3.18. The normalized spacial score (nSPS) is 13.9. The van der Waals surface area contributed by atoms with E-state index >= 15 is 0 Å². The Labute approximate surface area is 161 Å². The first-order valence-electron chi connectivity index (χ1n) is 8.73. The monoisotopic (exact) mass is 383 g/mol. The molecule has 0 spiro atoms. The minimum atomic E-state index is -0.249. The van der Waals surface area contributed by atoms with Crippen molar-refractivity contribution >= 4 is 23.2 Å². The van der Waals surface area contributed by atoms with Crippen molar-refractivity contribution in [1.29, 1.82) is 0 Å². The van der Waals surface area contributed by atoms with Crippen molar-refractivity contribution in [2.45, 2.75) is 25.2 Å². The molecule has 138 valence electrons. The minimum Gasteiger partial charge on any atom is -0.495 e. The zero-order valence-electron chi connectivity index (χ0n) is 14.7. The number of carbonyl (C=O) groups is 1. The number of hydrogen-bond donors (Lipinski definition) is 1. The van der Waals surface area contributed by atoms with Crippen LogP contribution in [0.15, 0.2) is 47.0 Å². The second kappa shape index (κ2) is 7.40. The van der Waals surface area contributed by atoms with E-state index in [1.807, 2.05) is 6.07 Å². The first-order chi connectivity index (χ1) is 13.1. The van der Waals surface area contributed by atoms with E-state index in [1.54, 1.807) is 43.5 Å². The molecule has 6 nitrogen and oxygen atoms in total. The predicted octanol–water partition coefficient (Wildman–Crippen LogP) is 4.92. The standard InChI is InChI=1S/C20H18ClN3O3/c1-26-17-9-8-15(11-16(17)21)22-19(25)14-7-3-6-13(10-14)18-23-20(27-24-18)12-4-2-5-12/h3,6-12H,2,4-5H2,1H3,(H,22,25). The van der Waals surface area contributed by atoms with Gasteiger partial charge in [-0.1, -0.05) is 35.3 Å². The molecule has 1 aliphatic carbocycles. The summed E-state index contributed by atoms with van der Waals surface area (Å²) in [6.07, 6.45) is 3.39. The second-order valence-corrected chi connectivity index (χ2v) is 6.88. The topological polar surface area (TPSA) is 77.2 Å². The Morgan fingerprint density at radius 3 is 2.81 bits per heavy atom. The lowest BCUT2D eigenvalue weighted by atomic mass is 9.85. The lowest BCUT2D eigenvalue weighted by Gasteiger charge is -2.20. The van der Waals surface area contributed by atoms with Crippen LogP contribution in [0.25, 0.3) is 11.4 Å². The van der Waals surface area contributed by atoms with Crippen LogP contribution in [0.1, 0.15) is 41.4 Å². The van der Waals surface area contributed by atoms with Crippen LogP contribution in [0.3, 0.4) is 0 Å². The molecule has 0 atom stereocenters. The molecule has 1 fully saturated rings. The molecule has 1 saturated carbocycles. The predicted molar refractivity (Wildman–Crippen MR) is 102 cm³/mol. The number of carbonyl (C=O) groups excluding carboxylic acids is 1. The fraction of sp³-hybridized carbons (Fsp3) is 0.250. The summed E-state index contributed by atoms with van der Waals surface area (Å²) >= 11 is 6.11. The molecular formula is C20H18ClN3O3. The van der Waals surface area contributed by atoms with Crippen molar-refractivity contribution in [3.63, 3.8) is 0 Å². The van der Waals surface area contributed by atoms with Gasteiger partial charge in [0.2, 0.25) is 11.7 Å². The highest BCUT2D eigenvalue weighted by atomic mass is 35.5. The number of anilines is 1. The Balaban J connectivity index is 1.52. The van der Waals surface area contributed by atoms with E-state index in [0.29, 0.717) is 39.7 Å². The van der Waals surface area contributed by atoms with E-state index in [2.05, 4.69) is 15.5 Å². The second-order valence-electron chi connectivity index (χ2n) is 6.47. The zero-order valence-corrected chi connectivity index (χ0v) is 15.5. The van der Waals surface area contributed by atoms with E-state index in [9.17, 15) is 4.79 Å². The molecule has 7 heteroatoms. The van der Waals surface area contributed by atoms with E-state index in [4.69, 9.17) is 20.9 Å². The minimum absolute atomic E-state index is 0.249. The average molecular weight is 384 g/mol. The van der Waals surface area contributed by atoms with Crippen LogP contribution < -0.4 is 10.1 Å². The summed E-state index contributed by atoms with van der Waals surface area (Å²) < 4.78 is 10.5. The molecule has 1 amide bonds. The largest absolute Gasteiger partial charge is 0.495 e. The number of aromatic nitrogens is 2. The van der Waals surface area contributed by atoms with Gasteiger partial charge in [-0.05, 0) is 43.2 Å². The molecule has 1 aliphatic rings. The van der Waals surface area contributed by atoms with Crippen molar-refractivity contribution in [1.82, 2.24) is 10.1 Å². The lowest BCUT2D eigenvalue weighted by Crippen LogP contribution is -2.12. The van der Waals surface area contributed by atoms with Crippen LogP contribution in [-0.4, -0.2) is 23.2 Å². The molecule has 2 aromatic carbocycles. The number of nitrogens with one attached hydrogen (secondary N) is 1. The first kappa shape index (κ1) is 17.5. The maximum absolute atomic E-state index is 12.6.